The molecule has 1 aromatic heterocycles. The maximum atomic E-state index is 12.7. The lowest BCUT2D eigenvalue weighted by Crippen LogP contribution is -2.13. The van der Waals surface area contributed by atoms with Crippen LogP contribution in [0, 0.1) is 18.3 Å². The van der Waals surface area contributed by atoms with Crippen molar-refractivity contribution in [2.24, 2.45) is 0 Å². The molecule has 4 aromatic rings. The van der Waals surface area contributed by atoms with E-state index in [0.29, 0.717) is 35.4 Å². The Labute approximate surface area is 219 Å². The van der Waals surface area contributed by atoms with E-state index in [-0.39, 0.29) is 5.57 Å². The van der Waals surface area contributed by atoms with E-state index in [9.17, 15) is 10.1 Å². The topological polar surface area (TPSA) is 93.5 Å². The summed E-state index contributed by atoms with van der Waals surface area (Å²) in [5.74, 6) is 1.29. The van der Waals surface area contributed by atoms with Gasteiger partial charge in [-0.2, -0.15) is 5.26 Å². The molecule has 186 valence electrons. The molecular weight excluding hydrogens is 486 g/mol. The van der Waals surface area contributed by atoms with Gasteiger partial charge in [-0.1, -0.05) is 54.6 Å². The molecule has 0 fully saturated rings. The molecule has 0 aliphatic heterocycles. The Bertz CT molecular complexity index is 1440. The lowest BCUT2D eigenvalue weighted by molar-refractivity contribution is -0.112. The maximum Gasteiger partial charge on any atom is 0.268 e. The van der Waals surface area contributed by atoms with Gasteiger partial charge in [0, 0.05) is 10.9 Å². The molecule has 0 spiro atoms. The van der Waals surface area contributed by atoms with Crippen molar-refractivity contribution in [3.8, 4) is 34.6 Å². The van der Waals surface area contributed by atoms with Gasteiger partial charge in [0.25, 0.3) is 5.91 Å². The molecule has 0 bridgehead atoms. The molecule has 4 rings (SSSR count). The minimum Gasteiger partial charge on any atom is -0.493 e. The van der Waals surface area contributed by atoms with Crippen molar-refractivity contribution in [3.63, 3.8) is 0 Å². The van der Waals surface area contributed by atoms with Crippen molar-refractivity contribution in [2.45, 2.75) is 6.92 Å². The number of rotatable bonds is 10. The molecule has 0 unspecified atom stereocenters. The predicted octanol–water partition coefficient (Wildman–Crippen LogP) is 6.13. The van der Waals surface area contributed by atoms with Gasteiger partial charge in [0.05, 0.1) is 12.8 Å². The molecule has 7 nitrogen and oxygen atoms in total. The van der Waals surface area contributed by atoms with Gasteiger partial charge in [0.2, 0.25) is 0 Å². The second-order valence-electron chi connectivity index (χ2n) is 7.90. The average molecular weight is 512 g/mol. The maximum absolute atomic E-state index is 12.7. The quantitative estimate of drug-likeness (QED) is 0.156. The highest BCUT2D eigenvalue weighted by molar-refractivity contribution is 7.14. The van der Waals surface area contributed by atoms with Gasteiger partial charge >= 0.3 is 0 Å². The average Bonchev–Trinajstić information content (AvgIpc) is 3.40. The molecule has 1 amide bonds. The molecule has 0 atom stereocenters. The zero-order chi connectivity index (χ0) is 26.0. The van der Waals surface area contributed by atoms with Gasteiger partial charge < -0.3 is 14.2 Å². The van der Waals surface area contributed by atoms with Crippen molar-refractivity contribution in [1.82, 2.24) is 4.98 Å². The fraction of sp³-hybridized carbons (Fsp3) is 0.138. The minimum atomic E-state index is -0.538. The summed E-state index contributed by atoms with van der Waals surface area (Å²) in [5.41, 5.74) is 3.33. The van der Waals surface area contributed by atoms with Crippen LogP contribution in [0.2, 0.25) is 0 Å². The highest BCUT2D eigenvalue weighted by Crippen LogP contribution is 2.29. The van der Waals surface area contributed by atoms with Crippen molar-refractivity contribution in [1.29, 1.82) is 5.26 Å². The number of amides is 1. The van der Waals surface area contributed by atoms with E-state index < -0.39 is 5.91 Å². The predicted molar refractivity (Wildman–Crippen MR) is 145 cm³/mol. The summed E-state index contributed by atoms with van der Waals surface area (Å²) < 4.78 is 17.0. The Morgan fingerprint density at radius 3 is 2.46 bits per heavy atom. The lowest BCUT2D eigenvalue weighted by atomic mass is 10.1. The van der Waals surface area contributed by atoms with E-state index in [0.717, 1.165) is 22.6 Å². The molecule has 0 saturated heterocycles. The number of nitrogens with zero attached hydrogens (tertiary/aromatic N) is 2. The second-order valence-corrected chi connectivity index (χ2v) is 8.76. The number of nitriles is 1. The van der Waals surface area contributed by atoms with Gasteiger partial charge in [-0.3, -0.25) is 10.1 Å². The summed E-state index contributed by atoms with van der Waals surface area (Å²) >= 11 is 1.30. The molecular formula is C29H25N3O4S. The van der Waals surface area contributed by atoms with Crippen LogP contribution in [0.1, 0.15) is 11.1 Å². The number of aromatic nitrogens is 1. The van der Waals surface area contributed by atoms with E-state index in [2.05, 4.69) is 10.3 Å². The Morgan fingerprint density at radius 2 is 1.73 bits per heavy atom. The normalized spacial score (nSPS) is 10.9. The van der Waals surface area contributed by atoms with E-state index in [1.54, 1.807) is 18.2 Å². The molecule has 8 heteroatoms. The number of nitrogens with one attached hydrogen (secondary N) is 1. The van der Waals surface area contributed by atoms with Crippen molar-refractivity contribution in [2.75, 3.05) is 25.6 Å². The van der Waals surface area contributed by atoms with Crippen LogP contribution in [0.3, 0.4) is 0 Å². The third-order valence-corrected chi connectivity index (χ3v) is 6.11. The van der Waals surface area contributed by atoms with Gasteiger partial charge in [0.1, 0.15) is 30.6 Å². The third-order valence-electron chi connectivity index (χ3n) is 5.35. The third kappa shape index (κ3) is 6.75. The second kappa shape index (κ2) is 12.4. The van der Waals surface area contributed by atoms with Crippen LogP contribution >= 0.6 is 11.3 Å². The van der Waals surface area contributed by atoms with Crippen LogP contribution in [-0.4, -0.2) is 31.2 Å². The van der Waals surface area contributed by atoms with Crippen LogP contribution in [0.25, 0.3) is 17.3 Å². The molecule has 0 saturated carbocycles. The molecule has 3 aromatic carbocycles. The highest BCUT2D eigenvalue weighted by Gasteiger charge is 2.14. The fourth-order valence-corrected chi connectivity index (χ4v) is 4.18. The SMILES string of the molecule is COc1cc(C=C(C#N)C(=O)Nc2nc(-c3ccccc3)cs2)ccc1OCCOc1ccccc1C. The van der Waals surface area contributed by atoms with Gasteiger partial charge in [-0.25, -0.2) is 4.98 Å². The Kier molecular flexibility index (Phi) is 8.53. The summed E-state index contributed by atoms with van der Waals surface area (Å²) in [6.07, 6.45) is 1.49. The number of carbonyl (C=O) groups is 1. The summed E-state index contributed by atoms with van der Waals surface area (Å²) in [6.45, 7) is 2.68. The largest absolute Gasteiger partial charge is 0.493 e. The molecule has 0 aliphatic carbocycles. The Hall–Kier alpha value is -4.61. The van der Waals surface area contributed by atoms with Crippen LogP contribution < -0.4 is 19.5 Å². The number of para-hydroxylation sites is 1. The Morgan fingerprint density at radius 1 is 1.00 bits per heavy atom. The molecule has 1 heterocycles. The summed E-state index contributed by atoms with van der Waals surface area (Å²) in [6, 6.07) is 24.6. The summed E-state index contributed by atoms with van der Waals surface area (Å²) in [7, 11) is 1.53. The highest BCUT2D eigenvalue weighted by atomic mass is 32.1. The number of benzene rings is 3. The summed E-state index contributed by atoms with van der Waals surface area (Å²) in [4.78, 5) is 17.2. The Balaban J connectivity index is 1.38. The first kappa shape index (κ1) is 25.5. The lowest BCUT2D eigenvalue weighted by Gasteiger charge is -2.13. The number of anilines is 1. The van der Waals surface area contributed by atoms with E-state index in [4.69, 9.17) is 14.2 Å². The first-order valence-electron chi connectivity index (χ1n) is 11.5. The van der Waals surface area contributed by atoms with Gasteiger partial charge in [0.15, 0.2) is 16.6 Å². The van der Waals surface area contributed by atoms with Crippen LogP contribution in [0.5, 0.6) is 17.2 Å². The number of hydrogen-bond acceptors (Lipinski definition) is 7. The molecule has 0 aliphatic rings. The first-order valence-corrected chi connectivity index (χ1v) is 12.4. The molecule has 37 heavy (non-hydrogen) atoms. The van der Waals surface area contributed by atoms with Crippen molar-refractivity contribution < 1.29 is 19.0 Å². The zero-order valence-electron chi connectivity index (χ0n) is 20.4. The number of methoxy groups -OCH3 is 1. The number of aryl methyl sites for hydroxylation is 1. The minimum absolute atomic E-state index is 0.0567. The van der Waals surface area contributed by atoms with E-state index in [1.165, 1.54) is 24.5 Å². The summed E-state index contributed by atoms with van der Waals surface area (Å²) in [5, 5.41) is 14.6. The monoisotopic (exact) mass is 511 g/mol. The standard InChI is InChI=1S/C29H25N3O4S/c1-20-8-6-7-11-25(20)35-14-15-36-26-13-12-21(17-27(26)34-2)16-23(18-30)28(33)32-29-31-24(19-37-29)22-9-4-3-5-10-22/h3-13,16-17,19H,14-15H2,1-2H3,(H,31,32,33). The molecule has 0 radical (unpaired) electrons. The zero-order valence-corrected chi connectivity index (χ0v) is 21.2. The number of ether oxygens (including phenoxy) is 3. The van der Waals surface area contributed by atoms with Crippen LogP contribution in [0.4, 0.5) is 5.13 Å². The fourth-order valence-electron chi connectivity index (χ4n) is 3.47. The van der Waals surface area contributed by atoms with Gasteiger partial charge in [-0.15, -0.1) is 11.3 Å². The first-order chi connectivity index (χ1) is 18.1. The molecule has 1 N–H and O–H groups in total. The smallest absolute Gasteiger partial charge is 0.268 e. The van der Waals surface area contributed by atoms with Crippen LogP contribution in [-0.2, 0) is 4.79 Å². The van der Waals surface area contributed by atoms with E-state index in [1.807, 2.05) is 73.0 Å². The number of carbonyl (C=O) groups excluding carboxylic acids is 1. The van der Waals surface area contributed by atoms with Crippen LogP contribution in [0.15, 0.2) is 83.7 Å². The number of hydrogen-bond donors (Lipinski definition) is 1. The number of thiazole rings is 1. The van der Waals surface area contributed by atoms with Crippen molar-refractivity contribution >= 4 is 28.5 Å². The van der Waals surface area contributed by atoms with Crippen molar-refractivity contribution in [3.05, 3.63) is 94.9 Å². The van der Waals surface area contributed by atoms with Gasteiger partial charge in [-0.05, 0) is 42.3 Å². The van der Waals surface area contributed by atoms with E-state index >= 15 is 0 Å².